The highest BCUT2D eigenvalue weighted by atomic mass is 35.5. The lowest BCUT2D eigenvalue weighted by atomic mass is 9.91. The lowest BCUT2D eigenvalue weighted by Crippen LogP contribution is -2.13. The minimum atomic E-state index is 0.101. The number of halogens is 1. The summed E-state index contributed by atoms with van der Waals surface area (Å²) >= 11 is 6.12. The fourth-order valence-corrected chi connectivity index (χ4v) is 2.05. The molecule has 1 unspecified atom stereocenters. The van der Waals surface area contributed by atoms with Crippen molar-refractivity contribution in [1.82, 2.24) is 0 Å². The van der Waals surface area contributed by atoms with Gasteiger partial charge in [-0.15, -0.1) is 0 Å². The molecule has 0 saturated carbocycles. The molecule has 82 valence electrons. The van der Waals surface area contributed by atoms with Crippen molar-refractivity contribution in [1.29, 1.82) is 0 Å². The maximum Gasteiger partial charge on any atom is 0.133 e. The van der Waals surface area contributed by atoms with E-state index < -0.39 is 0 Å². The van der Waals surface area contributed by atoms with Crippen molar-refractivity contribution < 1.29 is 4.79 Å². The van der Waals surface area contributed by atoms with Gasteiger partial charge in [-0.3, -0.25) is 4.79 Å². The highest BCUT2D eigenvalue weighted by Gasteiger charge is 2.15. The number of hydrogen-bond donors (Lipinski definition) is 0. The van der Waals surface area contributed by atoms with Crippen molar-refractivity contribution in [2.45, 2.75) is 33.6 Å². The summed E-state index contributed by atoms with van der Waals surface area (Å²) in [4.78, 5) is 11.4. The molecular weight excluding hydrogens is 208 g/mol. The van der Waals surface area contributed by atoms with E-state index in [0.717, 1.165) is 23.4 Å². The Bertz CT molecular complexity index is 337. The van der Waals surface area contributed by atoms with Gasteiger partial charge in [0.05, 0.1) is 0 Å². The largest absolute Gasteiger partial charge is 0.300 e. The molecule has 1 atom stereocenters. The molecule has 0 spiro atoms. The van der Waals surface area contributed by atoms with E-state index in [4.69, 9.17) is 11.6 Å². The normalized spacial score (nSPS) is 12.5. The highest BCUT2D eigenvalue weighted by Crippen LogP contribution is 2.24. The molecule has 1 rings (SSSR count). The summed E-state index contributed by atoms with van der Waals surface area (Å²) in [5, 5.41) is 0.773. The van der Waals surface area contributed by atoms with E-state index in [9.17, 15) is 4.79 Å². The van der Waals surface area contributed by atoms with Crippen LogP contribution in [0.1, 0.15) is 31.4 Å². The van der Waals surface area contributed by atoms with Gasteiger partial charge in [-0.25, -0.2) is 0 Å². The van der Waals surface area contributed by atoms with Crippen LogP contribution in [0.2, 0.25) is 5.02 Å². The molecule has 1 nitrogen and oxygen atoms in total. The number of carbonyl (C=O) groups excluding carboxylic acids is 1. The van der Waals surface area contributed by atoms with Crippen LogP contribution in [0.5, 0.6) is 0 Å². The molecule has 0 aromatic heterocycles. The van der Waals surface area contributed by atoms with E-state index in [2.05, 4.69) is 0 Å². The predicted octanol–water partition coefficient (Wildman–Crippen LogP) is 3.81. The molecule has 0 N–H and O–H groups in total. The van der Waals surface area contributed by atoms with Crippen molar-refractivity contribution >= 4 is 17.4 Å². The minimum Gasteiger partial charge on any atom is -0.300 e. The van der Waals surface area contributed by atoms with Crippen LogP contribution in [0.25, 0.3) is 0 Å². The van der Waals surface area contributed by atoms with Gasteiger partial charge in [0, 0.05) is 10.9 Å². The van der Waals surface area contributed by atoms with Crippen LogP contribution in [-0.4, -0.2) is 5.78 Å². The number of Topliss-reactive ketones (excluding diaryl/α,β-unsaturated/α-hetero) is 1. The predicted molar refractivity (Wildman–Crippen MR) is 64.4 cm³/mol. The molecule has 15 heavy (non-hydrogen) atoms. The SMILES string of the molecule is CCC(Cc1c(C)cccc1Cl)C(C)=O. The zero-order valence-electron chi connectivity index (χ0n) is 9.51. The van der Waals surface area contributed by atoms with E-state index >= 15 is 0 Å². The Hall–Kier alpha value is -0.820. The monoisotopic (exact) mass is 224 g/mol. The van der Waals surface area contributed by atoms with Gasteiger partial charge in [0.25, 0.3) is 0 Å². The quantitative estimate of drug-likeness (QED) is 0.760. The van der Waals surface area contributed by atoms with E-state index in [1.165, 1.54) is 5.56 Å². The maximum absolute atomic E-state index is 11.4. The highest BCUT2D eigenvalue weighted by molar-refractivity contribution is 6.31. The summed E-state index contributed by atoms with van der Waals surface area (Å²) in [7, 11) is 0. The molecule has 2 heteroatoms. The summed E-state index contributed by atoms with van der Waals surface area (Å²) in [6.45, 7) is 5.73. The lowest BCUT2D eigenvalue weighted by Gasteiger charge is -2.14. The van der Waals surface area contributed by atoms with Gasteiger partial charge < -0.3 is 0 Å². The van der Waals surface area contributed by atoms with Gasteiger partial charge >= 0.3 is 0 Å². The molecule has 0 saturated heterocycles. The topological polar surface area (TPSA) is 17.1 Å². The van der Waals surface area contributed by atoms with Crippen molar-refractivity contribution in [2.75, 3.05) is 0 Å². The van der Waals surface area contributed by atoms with Gasteiger partial charge in [-0.1, -0.05) is 30.7 Å². The summed E-state index contributed by atoms with van der Waals surface area (Å²) in [5.41, 5.74) is 2.28. The Morgan fingerprint density at radius 2 is 2.13 bits per heavy atom. The third kappa shape index (κ3) is 3.07. The number of hydrogen-bond acceptors (Lipinski definition) is 1. The molecule has 0 amide bonds. The van der Waals surface area contributed by atoms with Crippen LogP contribution in [0.15, 0.2) is 18.2 Å². The second kappa shape index (κ2) is 5.32. The van der Waals surface area contributed by atoms with Crippen molar-refractivity contribution in [3.8, 4) is 0 Å². The van der Waals surface area contributed by atoms with Crippen LogP contribution >= 0.6 is 11.6 Å². The first-order valence-electron chi connectivity index (χ1n) is 5.30. The van der Waals surface area contributed by atoms with E-state index in [1.54, 1.807) is 6.92 Å². The van der Waals surface area contributed by atoms with E-state index in [0.29, 0.717) is 0 Å². The summed E-state index contributed by atoms with van der Waals surface area (Å²) in [5.74, 6) is 0.348. The summed E-state index contributed by atoms with van der Waals surface area (Å²) in [6.07, 6.45) is 1.64. The third-order valence-electron chi connectivity index (χ3n) is 2.87. The minimum absolute atomic E-state index is 0.101. The number of ketones is 1. The van der Waals surface area contributed by atoms with Crippen molar-refractivity contribution in [3.05, 3.63) is 34.3 Å². The molecule has 0 aliphatic carbocycles. The van der Waals surface area contributed by atoms with Gasteiger partial charge in [0.15, 0.2) is 0 Å². The van der Waals surface area contributed by atoms with Gasteiger partial charge in [0.2, 0.25) is 0 Å². The Morgan fingerprint density at radius 3 is 2.60 bits per heavy atom. The number of carbonyl (C=O) groups is 1. The first kappa shape index (κ1) is 12.3. The van der Waals surface area contributed by atoms with E-state index in [1.807, 2.05) is 32.0 Å². The van der Waals surface area contributed by atoms with Crippen LogP contribution in [-0.2, 0) is 11.2 Å². The van der Waals surface area contributed by atoms with Crippen LogP contribution < -0.4 is 0 Å². The average molecular weight is 225 g/mol. The molecule has 1 aromatic carbocycles. The number of rotatable bonds is 4. The zero-order chi connectivity index (χ0) is 11.4. The smallest absolute Gasteiger partial charge is 0.133 e. The standard InChI is InChI=1S/C13H17ClO/c1-4-11(10(3)15)8-12-9(2)6-5-7-13(12)14/h5-7,11H,4,8H2,1-3H3. The summed E-state index contributed by atoms with van der Waals surface area (Å²) < 4.78 is 0. The molecular formula is C13H17ClO. The molecule has 1 aromatic rings. The molecule has 0 heterocycles. The van der Waals surface area contributed by atoms with Gasteiger partial charge in [-0.05, 0) is 43.9 Å². The third-order valence-corrected chi connectivity index (χ3v) is 3.23. The van der Waals surface area contributed by atoms with Crippen LogP contribution in [0.3, 0.4) is 0 Å². The first-order valence-corrected chi connectivity index (χ1v) is 5.68. The molecule has 0 radical (unpaired) electrons. The number of benzene rings is 1. The average Bonchev–Trinajstić information content (AvgIpc) is 2.17. The number of aryl methyl sites for hydroxylation is 1. The van der Waals surface area contributed by atoms with Crippen molar-refractivity contribution in [3.63, 3.8) is 0 Å². The molecule has 0 aliphatic rings. The second-order valence-electron chi connectivity index (χ2n) is 3.96. The summed E-state index contributed by atoms with van der Waals surface area (Å²) in [6, 6.07) is 5.86. The first-order chi connectivity index (χ1) is 7.06. The Balaban J connectivity index is 2.92. The Kier molecular flexibility index (Phi) is 4.34. The Labute approximate surface area is 96.5 Å². The molecule has 0 fully saturated rings. The van der Waals surface area contributed by atoms with Crippen molar-refractivity contribution in [2.24, 2.45) is 5.92 Å². The fraction of sp³-hybridized carbons (Fsp3) is 0.462. The van der Waals surface area contributed by atoms with Crippen LogP contribution in [0, 0.1) is 12.8 Å². The van der Waals surface area contributed by atoms with E-state index in [-0.39, 0.29) is 11.7 Å². The Morgan fingerprint density at radius 1 is 1.47 bits per heavy atom. The lowest BCUT2D eigenvalue weighted by molar-refractivity contribution is -0.120. The van der Waals surface area contributed by atoms with Gasteiger partial charge in [0.1, 0.15) is 5.78 Å². The maximum atomic E-state index is 11.4. The van der Waals surface area contributed by atoms with Gasteiger partial charge in [-0.2, -0.15) is 0 Å². The zero-order valence-corrected chi connectivity index (χ0v) is 10.3. The fourth-order valence-electron chi connectivity index (χ4n) is 1.75. The van der Waals surface area contributed by atoms with Crippen LogP contribution in [0.4, 0.5) is 0 Å². The molecule has 0 aliphatic heterocycles. The molecule has 0 bridgehead atoms. The second-order valence-corrected chi connectivity index (χ2v) is 4.36.